The summed E-state index contributed by atoms with van der Waals surface area (Å²) in [5, 5.41) is 12.8. The summed E-state index contributed by atoms with van der Waals surface area (Å²) in [7, 11) is 1.62. The van der Waals surface area contributed by atoms with E-state index in [9.17, 15) is 9.90 Å². The van der Waals surface area contributed by atoms with Gasteiger partial charge in [-0.05, 0) is 23.9 Å². The lowest BCUT2D eigenvalue weighted by Gasteiger charge is -1.97. The number of phenols is 1. The Labute approximate surface area is 97.1 Å². The summed E-state index contributed by atoms with van der Waals surface area (Å²) >= 11 is 1.26. The van der Waals surface area contributed by atoms with E-state index in [0.29, 0.717) is 15.6 Å². The van der Waals surface area contributed by atoms with E-state index >= 15 is 0 Å². The van der Waals surface area contributed by atoms with Crippen LogP contribution in [0.15, 0.2) is 34.2 Å². The molecule has 1 saturated heterocycles. The van der Waals surface area contributed by atoms with Gasteiger partial charge in [0.25, 0.3) is 5.91 Å². The third-order valence-electron chi connectivity index (χ3n) is 2.08. The summed E-state index contributed by atoms with van der Waals surface area (Å²) in [6.07, 6.45) is 1.65. The number of phenolic OH excluding ortho intramolecular Hbond substituents is 1. The van der Waals surface area contributed by atoms with Crippen LogP contribution in [0.2, 0.25) is 0 Å². The van der Waals surface area contributed by atoms with Crippen molar-refractivity contribution in [3.63, 3.8) is 0 Å². The molecule has 0 unspecified atom stereocenters. The molecule has 1 amide bonds. The number of carbonyl (C=O) groups is 1. The number of amidine groups is 1. The molecular formula is C11H10N2O2S. The van der Waals surface area contributed by atoms with E-state index in [0.717, 1.165) is 0 Å². The molecule has 1 aromatic rings. The predicted molar refractivity (Wildman–Crippen MR) is 65.2 cm³/mol. The lowest BCUT2D eigenvalue weighted by atomic mass is 10.2. The van der Waals surface area contributed by atoms with E-state index in [4.69, 9.17) is 0 Å². The van der Waals surface area contributed by atoms with Crippen molar-refractivity contribution in [2.45, 2.75) is 0 Å². The Morgan fingerprint density at radius 3 is 2.81 bits per heavy atom. The molecule has 16 heavy (non-hydrogen) atoms. The standard InChI is InChI=1S/C11H10N2O2S/c1-12-11-13-10(15)9(16-11)6-7-4-2-3-5-8(7)14/h2-6,14H,1H3,(H,12,13,15). The number of amides is 1. The minimum Gasteiger partial charge on any atom is -0.507 e. The number of aromatic hydroxyl groups is 1. The number of nitrogens with zero attached hydrogens (tertiary/aromatic N) is 1. The van der Waals surface area contributed by atoms with E-state index in [1.165, 1.54) is 11.8 Å². The molecule has 5 heteroatoms. The highest BCUT2D eigenvalue weighted by molar-refractivity contribution is 8.18. The van der Waals surface area contributed by atoms with Gasteiger partial charge in [0.15, 0.2) is 5.17 Å². The van der Waals surface area contributed by atoms with Crippen molar-refractivity contribution >= 4 is 28.9 Å². The van der Waals surface area contributed by atoms with Gasteiger partial charge in [0.2, 0.25) is 0 Å². The number of nitrogens with one attached hydrogen (secondary N) is 1. The quantitative estimate of drug-likeness (QED) is 0.725. The van der Waals surface area contributed by atoms with Crippen LogP contribution in [-0.2, 0) is 4.79 Å². The van der Waals surface area contributed by atoms with Crippen molar-refractivity contribution in [3.8, 4) is 5.75 Å². The van der Waals surface area contributed by atoms with E-state index in [2.05, 4.69) is 10.3 Å². The van der Waals surface area contributed by atoms with Gasteiger partial charge in [-0.3, -0.25) is 9.79 Å². The number of thioether (sulfide) groups is 1. The van der Waals surface area contributed by atoms with Crippen molar-refractivity contribution in [2.75, 3.05) is 7.05 Å². The molecule has 1 aliphatic heterocycles. The second-order valence-corrected chi connectivity index (χ2v) is 4.18. The van der Waals surface area contributed by atoms with Crippen LogP contribution in [0.25, 0.3) is 6.08 Å². The topological polar surface area (TPSA) is 61.7 Å². The molecule has 0 saturated carbocycles. The summed E-state index contributed by atoms with van der Waals surface area (Å²) in [5.41, 5.74) is 0.623. The van der Waals surface area contributed by atoms with Gasteiger partial charge in [0.05, 0.1) is 4.91 Å². The normalized spacial score (nSPS) is 20.4. The number of rotatable bonds is 1. The number of hydrogen-bond donors (Lipinski definition) is 2. The molecule has 0 radical (unpaired) electrons. The maximum Gasteiger partial charge on any atom is 0.264 e. The first-order valence-electron chi connectivity index (χ1n) is 4.66. The van der Waals surface area contributed by atoms with Crippen LogP contribution >= 0.6 is 11.8 Å². The molecule has 0 spiro atoms. The fourth-order valence-corrected chi connectivity index (χ4v) is 2.06. The van der Waals surface area contributed by atoms with Crippen molar-refractivity contribution in [2.24, 2.45) is 4.99 Å². The molecule has 0 atom stereocenters. The van der Waals surface area contributed by atoms with Gasteiger partial charge < -0.3 is 10.4 Å². The first-order valence-corrected chi connectivity index (χ1v) is 5.48. The SMILES string of the molecule is CN=C1NC(=O)C(=Cc2ccccc2O)S1. The summed E-state index contributed by atoms with van der Waals surface area (Å²) in [6.45, 7) is 0. The summed E-state index contributed by atoms with van der Waals surface area (Å²) in [4.78, 5) is 15.9. The van der Waals surface area contributed by atoms with E-state index in [-0.39, 0.29) is 11.7 Å². The van der Waals surface area contributed by atoms with Crippen molar-refractivity contribution < 1.29 is 9.90 Å². The number of para-hydroxylation sites is 1. The van der Waals surface area contributed by atoms with Gasteiger partial charge in [0, 0.05) is 12.6 Å². The van der Waals surface area contributed by atoms with Crippen LogP contribution in [0.4, 0.5) is 0 Å². The first kappa shape index (κ1) is 10.8. The Balaban J connectivity index is 2.33. The minimum absolute atomic E-state index is 0.158. The second-order valence-electron chi connectivity index (χ2n) is 3.15. The van der Waals surface area contributed by atoms with Gasteiger partial charge in [0.1, 0.15) is 5.75 Å². The number of carbonyl (C=O) groups excluding carboxylic acids is 1. The first-order chi connectivity index (χ1) is 7.70. The van der Waals surface area contributed by atoms with Gasteiger partial charge in [-0.1, -0.05) is 18.2 Å². The molecule has 2 N–H and O–H groups in total. The number of benzene rings is 1. The molecule has 0 aromatic heterocycles. The van der Waals surface area contributed by atoms with Gasteiger partial charge in [-0.2, -0.15) is 0 Å². The van der Waals surface area contributed by atoms with Crippen molar-refractivity contribution in [1.29, 1.82) is 0 Å². The maximum atomic E-state index is 11.5. The molecule has 0 bridgehead atoms. The minimum atomic E-state index is -0.186. The zero-order valence-electron chi connectivity index (χ0n) is 8.60. The second kappa shape index (κ2) is 4.40. The smallest absolute Gasteiger partial charge is 0.264 e. The molecule has 1 aromatic carbocycles. The fourth-order valence-electron chi connectivity index (χ4n) is 1.28. The van der Waals surface area contributed by atoms with Crippen LogP contribution in [0.3, 0.4) is 0 Å². The van der Waals surface area contributed by atoms with E-state index in [1.807, 2.05) is 0 Å². The highest BCUT2D eigenvalue weighted by atomic mass is 32.2. The fraction of sp³-hybridized carbons (Fsp3) is 0.0909. The van der Waals surface area contributed by atoms with Gasteiger partial charge in [-0.25, -0.2) is 0 Å². The van der Waals surface area contributed by atoms with Crippen LogP contribution < -0.4 is 5.32 Å². The highest BCUT2D eigenvalue weighted by Gasteiger charge is 2.23. The van der Waals surface area contributed by atoms with Crippen molar-refractivity contribution in [1.82, 2.24) is 5.32 Å². The van der Waals surface area contributed by atoms with E-state index < -0.39 is 0 Å². The van der Waals surface area contributed by atoms with Crippen LogP contribution in [0, 0.1) is 0 Å². The molecule has 0 aliphatic carbocycles. The third-order valence-corrected chi connectivity index (χ3v) is 3.08. The van der Waals surface area contributed by atoms with Gasteiger partial charge >= 0.3 is 0 Å². The Kier molecular flexibility index (Phi) is 2.96. The third kappa shape index (κ3) is 2.09. The lowest BCUT2D eigenvalue weighted by molar-refractivity contribution is -0.115. The average molecular weight is 234 g/mol. The molecule has 1 fully saturated rings. The Bertz CT molecular complexity index is 495. The molecule has 1 heterocycles. The van der Waals surface area contributed by atoms with Crippen LogP contribution in [0.1, 0.15) is 5.56 Å². The predicted octanol–water partition coefficient (Wildman–Crippen LogP) is 1.58. The Morgan fingerprint density at radius 1 is 1.44 bits per heavy atom. The van der Waals surface area contributed by atoms with Crippen LogP contribution in [-0.4, -0.2) is 23.2 Å². The zero-order chi connectivity index (χ0) is 11.5. The number of hydrogen-bond acceptors (Lipinski definition) is 4. The summed E-state index contributed by atoms with van der Waals surface area (Å²) in [5.74, 6) is -0.0286. The van der Waals surface area contributed by atoms with Crippen LogP contribution in [0.5, 0.6) is 5.75 Å². The largest absolute Gasteiger partial charge is 0.507 e. The Hall–Kier alpha value is -1.75. The average Bonchev–Trinajstić information content (AvgIpc) is 2.63. The number of aliphatic imine (C=N–C) groups is 1. The highest BCUT2D eigenvalue weighted by Crippen LogP contribution is 2.28. The molecule has 1 aliphatic rings. The summed E-state index contributed by atoms with van der Waals surface area (Å²) in [6, 6.07) is 6.87. The molecule has 82 valence electrons. The zero-order valence-corrected chi connectivity index (χ0v) is 9.41. The summed E-state index contributed by atoms with van der Waals surface area (Å²) < 4.78 is 0. The molecular weight excluding hydrogens is 224 g/mol. The van der Waals surface area contributed by atoms with Crippen molar-refractivity contribution in [3.05, 3.63) is 34.7 Å². The van der Waals surface area contributed by atoms with E-state index in [1.54, 1.807) is 37.4 Å². The maximum absolute atomic E-state index is 11.5. The monoisotopic (exact) mass is 234 g/mol. The molecule has 2 rings (SSSR count). The van der Waals surface area contributed by atoms with Gasteiger partial charge in [-0.15, -0.1) is 0 Å². The lowest BCUT2D eigenvalue weighted by Crippen LogP contribution is -2.19. The Morgan fingerprint density at radius 2 is 2.19 bits per heavy atom. The molecule has 4 nitrogen and oxygen atoms in total.